The Bertz CT molecular complexity index is 1680. The van der Waals surface area contributed by atoms with Gasteiger partial charge in [0, 0.05) is 38.0 Å². The van der Waals surface area contributed by atoms with Gasteiger partial charge in [-0.3, -0.25) is 29.3 Å². The van der Waals surface area contributed by atoms with Crippen molar-refractivity contribution in [2.75, 3.05) is 19.5 Å². The number of rotatable bonds is 4. The Hall–Kier alpha value is -5.24. The topological polar surface area (TPSA) is 190 Å². The lowest BCUT2D eigenvalue weighted by molar-refractivity contribution is -0.206. The number of aromatic hydroxyl groups is 1. The van der Waals surface area contributed by atoms with Gasteiger partial charge in [-0.05, 0) is 56.0 Å². The number of nitrogens with zero attached hydrogens (tertiary/aromatic N) is 1. The van der Waals surface area contributed by atoms with E-state index in [0.29, 0.717) is 16.8 Å². The minimum absolute atomic E-state index is 0.0361. The summed E-state index contributed by atoms with van der Waals surface area (Å²) in [5.41, 5.74) is 1.44. The van der Waals surface area contributed by atoms with Gasteiger partial charge in [0.15, 0.2) is 5.78 Å². The van der Waals surface area contributed by atoms with Gasteiger partial charge in [0.25, 0.3) is 0 Å². The zero-order chi connectivity index (χ0) is 37.6. The minimum Gasteiger partial charge on any atom is -0.508 e. The number of methoxy groups -OCH3 is 1. The van der Waals surface area contributed by atoms with E-state index in [0.717, 1.165) is 4.90 Å². The molecule has 14 nitrogen and oxygen atoms in total. The first kappa shape index (κ1) is 38.6. The van der Waals surface area contributed by atoms with E-state index in [2.05, 4.69) is 22.5 Å². The van der Waals surface area contributed by atoms with Gasteiger partial charge in [0.05, 0.1) is 24.3 Å². The minimum atomic E-state index is -1.84. The van der Waals surface area contributed by atoms with E-state index in [1.54, 1.807) is 45.0 Å². The summed E-state index contributed by atoms with van der Waals surface area (Å²) in [6, 6.07) is 9.01. The molecule has 4 N–H and O–H groups in total. The number of fused-ring (bicyclic) bond motifs is 1. The van der Waals surface area contributed by atoms with Gasteiger partial charge in [-0.1, -0.05) is 50.8 Å². The van der Waals surface area contributed by atoms with Gasteiger partial charge in [0.2, 0.25) is 23.5 Å². The van der Waals surface area contributed by atoms with Crippen LogP contribution in [0, 0.1) is 11.8 Å². The number of anilines is 1. The SMILES string of the molecule is C=C1CC(C)C(=O)NC(C)C(=O)N(C)C(CC2(OC)OC(=O)Nc3ccccc32)C(=O)NC(c2ccc(O)cc2)CC(=O)OC(C)CC(C)C1=O. The number of Topliss-reactive ketones (excluding diaryl/α,β-unsaturated/α-hetero) is 1. The number of hydrogen-bond acceptors (Lipinski definition) is 10. The van der Waals surface area contributed by atoms with E-state index in [1.165, 1.54) is 45.3 Å². The summed E-state index contributed by atoms with van der Waals surface area (Å²) in [6.45, 7) is 10.3. The molecular weight excluding hydrogens is 660 g/mol. The lowest BCUT2D eigenvalue weighted by Gasteiger charge is -2.41. The third-order valence-electron chi connectivity index (χ3n) is 9.27. The van der Waals surface area contributed by atoms with Crippen molar-refractivity contribution in [2.24, 2.45) is 11.8 Å². The Balaban J connectivity index is 1.78. The van der Waals surface area contributed by atoms with Crippen molar-refractivity contribution >= 4 is 41.3 Å². The molecule has 14 heteroatoms. The summed E-state index contributed by atoms with van der Waals surface area (Å²) in [6.07, 6.45) is -2.04. The molecule has 2 aliphatic rings. The highest BCUT2D eigenvalue weighted by atomic mass is 16.7. The average molecular weight is 707 g/mol. The van der Waals surface area contributed by atoms with Gasteiger partial charge in [-0.15, -0.1) is 0 Å². The summed E-state index contributed by atoms with van der Waals surface area (Å²) < 4.78 is 17.2. The van der Waals surface area contributed by atoms with Crippen LogP contribution in [0.25, 0.3) is 0 Å². The highest BCUT2D eigenvalue weighted by Crippen LogP contribution is 2.41. The van der Waals surface area contributed by atoms with Crippen molar-refractivity contribution in [1.82, 2.24) is 15.5 Å². The molecule has 0 bridgehead atoms. The fourth-order valence-corrected chi connectivity index (χ4v) is 6.42. The molecule has 4 amide bonds. The molecule has 7 unspecified atom stereocenters. The number of para-hydroxylation sites is 1. The number of carbonyl (C=O) groups excluding carboxylic acids is 6. The summed E-state index contributed by atoms with van der Waals surface area (Å²) in [7, 11) is 2.67. The maximum absolute atomic E-state index is 14.4. The van der Waals surface area contributed by atoms with Crippen LogP contribution in [0.1, 0.15) is 70.5 Å². The normalized spacial score (nSPS) is 28.9. The second kappa shape index (κ2) is 16.2. The molecule has 7 atom stereocenters. The Kier molecular flexibility index (Phi) is 12.2. The molecule has 4 rings (SSSR count). The molecule has 1 fully saturated rings. The predicted octanol–water partition coefficient (Wildman–Crippen LogP) is 3.85. The maximum atomic E-state index is 14.4. The number of phenols is 1. The number of ketones is 1. The molecule has 0 saturated carbocycles. The number of ether oxygens (including phenoxy) is 3. The molecule has 2 heterocycles. The number of nitrogens with one attached hydrogen (secondary N) is 3. The molecule has 51 heavy (non-hydrogen) atoms. The van der Waals surface area contributed by atoms with Crippen LogP contribution in [0.15, 0.2) is 60.7 Å². The summed E-state index contributed by atoms with van der Waals surface area (Å²) >= 11 is 0. The smallest absolute Gasteiger partial charge is 0.414 e. The van der Waals surface area contributed by atoms with Crippen molar-refractivity contribution in [3.8, 4) is 5.75 Å². The summed E-state index contributed by atoms with van der Waals surface area (Å²) in [5, 5.41) is 18.1. The fraction of sp³-hybridized carbons (Fsp3) is 0.459. The first-order valence-corrected chi connectivity index (χ1v) is 16.8. The predicted molar refractivity (Wildman–Crippen MR) is 185 cm³/mol. The van der Waals surface area contributed by atoms with Crippen LogP contribution < -0.4 is 16.0 Å². The van der Waals surface area contributed by atoms with Crippen LogP contribution in [-0.4, -0.2) is 77.9 Å². The van der Waals surface area contributed by atoms with Crippen LogP contribution in [-0.2, 0) is 44.0 Å². The first-order chi connectivity index (χ1) is 24.0. The molecule has 0 aromatic heterocycles. The fourth-order valence-electron chi connectivity index (χ4n) is 6.42. The van der Waals surface area contributed by atoms with E-state index in [9.17, 15) is 33.9 Å². The zero-order valence-corrected chi connectivity index (χ0v) is 29.7. The number of phenolic OH excluding ortho intramolecular Hbond substituents is 1. The molecular formula is C37H46N4O10. The average Bonchev–Trinajstić information content (AvgIpc) is 3.08. The Morgan fingerprint density at radius 1 is 0.922 bits per heavy atom. The van der Waals surface area contributed by atoms with Gasteiger partial charge >= 0.3 is 12.1 Å². The van der Waals surface area contributed by atoms with Crippen LogP contribution in [0.3, 0.4) is 0 Å². The van der Waals surface area contributed by atoms with Crippen molar-refractivity contribution in [3.63, 3.8) is 0 Å². The number of hydrogen-bond donors (Lipinski definition) is 4. The van der Waals surface area contributed by atoms with E-state index < -0.39 is 71.6 Å². The third-order valence-corrected chi connectivity index (χ3v) is 9.27. The number of cyclic esters (lactones) is 2. The van der Waals surface area contributed by atoms with Gasteiger partial charge in [-0.25, -0.2) is 4.79 Å². The maximum Gasteiger partial charge on any atom is 0.414 e. The van der Waals surface area contributed by atoms with Crippen molar-refractivity contribution in [1.29, 1.82) is 0 Å². The molecule has 2 aromatic carbocycles. The van der Waals surface area contributed by atoms with Crippen LogP contribution >= 0.6 is 0 Å². The monoisotopic (exact) mass is 706 g/mol. The molecule has 274 valence electrons. The third kappa shape index (κ3) is 9.11. The molecule has 0 spiro atoms. The van der Waals surface area contributed by atoms with E-state index in [1.807, 2.05) is 0 Å². The van der Waals surface area contributed by atoms with E-state index >= 15 is 0 Å². The van der Waals surface area contributed by atoms with Crippen molar-refractivity contribution < 1.29 is 48.1 Å². The van der Waals surface area contributed by atoms with Crippen LogP contribution in [0.2, 0.25) is 0 Å². The number of allylic oxidation sites excluding steroid dienone is 1. The van der Waals surface area contributed by atoms with Crippen molar-refractivity contribution in [3.05, 3.63) is 71.8 Å². The molecule has 2 aliphatic heterocycles. The Morgan fingerprint density at radius 2 is 1.59 bits per heavy atom. The number of likely N-dealkylation sites (N-methyl/N-ethyl adjacent to an activating group) is 1. The van der Waals surface area contributed by atoms with Crippen molar-refractivity contribution in [2.45, 2.75) is 83.4 Å². The number of carbonyl (C=O) groups is 6. The standard InChI is InChI=1S/C37H46N4O10/c1-20-16-22(3)33(45)38-24(5)35(47)41(6)30(19-37(49-7)27-10-8-9-11-28(27)40-36(48)51-37)34(46)39-29(25-12-14-26(42)15-13-25)18-31(43)50-23(4)17-21(2)32(20)44/h8-15,21-24,29-30,42H,1,16-19H2,2-7H3,(H,38,45)(H,39,46)(H,40,48). The quantitative estimate of drug-likeness (QED) is 0.269. The second-order valence-corrected chi connectivity index (χ2v) is 13.3. The highest BCUT2D eigenvalue weighted by Gasteiger charge is 2.48. The molecule has 0 aliphatic carbocycles. The van der Waals surface area contributed by atoms with Gasteiger partial charge in [0.1, 0.15) is 17.8 Å². The number of esters is 1. The van der Waals surface area contributed by atoms with Gasteiger partial charge in [-0.2, -0.15) is 0 Å². The van der Waals surface area contributed by atoms with Crippen LogP contribution in [0.4, 0.5) is 10.5 Å². The van der Waals surface area contributed by atoms with E-state index in [-0.39, 0.29) is 42.8 Å². The van der Waals surface area contributed by atoms with Gasteiger partial charge < -0.3 is 34.9 Å². The lowest BCUT2D eigenvalue weighted by atomic mass is 9.90. The Labute approximate surface area is 296 Å². The van der Waals surface area contributed by atoms with E-state index in [4.69, 9.17) is 14.2 Å². The molecule has 0 radical (unpaired) electrons. The summed E-state index contributed by atoms with van der Waals surface area (Å²) in [4.78, 5) is 82.0. The number of amides is 4. The first-order valence-electron chi connectivity index (χ1n) is 16.8. The van der Waals surface area contributed by atoms with Crippen LogP contribution in [0.5, 0.6) is 5.75 Å². The largest absolute Gasteiger partial charge is 0.508 e. The number of benzene rings is 2. The molecule has 1 saturated heterocycles. The highest BCUT2D eigenvalue weighted by molar-refractivity contribution is 5.97. The lowest BCUT2D eigenvalue weighted by Crippen LogP contribution is -2.57. The Morgan fingerprint density at radius 3 is 2.25 bits per heavy atom. The summed E-state index contributed by atoms with van der Waals surface area (Å²) in [5.74, 6) is -6.03. The molecule has 2 aromatic rings. The zero-order valence-electron chi connectivity index (χ0n) is 29.7. The second-order valence-electron chi connectivity index (χ2n) is 13.3.